The van der Waals surface area contributed by atoms with Gasteiger partial charge in [-0.15, -0.1) is 0 Å². The number of urea groups is 1. The summed E-state index contributed by atoms with van der Waals surface area (Å²) in [5.74, 6) is 0. The first-order valence-electron chi connectivity index (χ1n) is 6.88. The van der Waals surface area contributed by atoms with Crippen LogP contribution in [0.15, 0.2) is 24.3 Å². The summed E-state index contributed by atoms with van der Waals surface area (Å²) in [5, 5.41) is 5.64. The third-order valence-corrected chi connectivity index (χ3v) is 2.87. The van der Waals surface area contributed by atoms with E-state index in [0.29, 0.717) is 26.3 Å². The number of carbonyl (C=O) groups excluding carboxylic acids is 1. The highest BCUT2D eigenvalue weighted by Gasteiger charge is 2.18. The van der Waals surface area contributed by atoms with E-state index in [2.05, 4.69) is 24.5 Å². The fourth-order valence-corrected chi connectivity index (χ4v) is 1.65. The number of nitrogens with one attached hydrogen (secondary N) is 2. The van der Waals surface area contributed by atoms with Crippen molar-refractivity contribution in [1.82, 2.24) is 5.32 Å². The third kappa shape index (κ3) is 6.04. The molecule has 0 spiro atoms. The lowest BCUT2D eigenvalue weighted by Gasteiger charge is -2.24. The second kappa shape index (κ2) is 7.87. The van der Waals surface area contributed by atoms with Crippen molar-refractivity contribution in [1.29, 1.82) is 0 Å². The van der Waals surface area contributed by atoms with Crippen LogP contribution >= 0.6 is 0 Å². The molecule has 0 fully saturated rings. The van der Waals surface area contributed by atoms with Crippen LogP contribution in [0.2, 0.25) is 0 Å². The minimum absolute atomic E-state index is 0.0866. The number of anilines is 1. The van der Waals surface area contributed by atoms with Gasteiger partial charge in [0.15, 0.2) is 0 Å². The first-order chi connectivity index (χ1) is 9.46. The number of benzene rings is 1. The summed E-state index contributed by atoms with van der Waals surface area (Å²) in [6.45, 7) is 8.43. The summed E-state index contributed by atoms with van der Waals surface area (Å²) < 4.78 is 5.39. The largest absolute Gasteiger partial charge is 0.381 e. The van der Waals surface area contributed by atoms with Crippen LogP contribution in [0, 0.1) is 5.41 Å². The normalized spacial score (nSPS) is 11.2. The van der Waals surface area contributed by atoms with E-state index in [0.717, 1.165) is 11.3 Å². The molecule has 1 aromatic carbocycles. The molecule has 0 atom stereocenters. The van der Waals surface area contributed by atoms with Crippen molar-refractivity contribution in [2.24, 2.45) is 11.1 Å². The molecule has 1 aromatic rings. The quantitative estimate of drug-likeness (QED) is 0.717. The van der Waals surface area contributed by atoms with Crippen LogP contribution in [-0.2, 0) is 11.3 Å². The van der Waals surface area contributed by atoms with Crippen molar-refractivity contribution >= 4 is 11.7 Å². The molecular weight excluding hydrogens is 254 g/mol. The predicted octanol–water partition coefficient (Wildman–Crippen LogP) is 2.33. The van der Waals surface area contributed by atoms with Crippen molar-refractivity contribution in [3.63, 3.8) is 0 Å². The summed E-state index contributed by atoms with van der Waals surface area (Å²) in [5.41, 5.74) is 7.23. The van der Waals surface area contributed by atoms with Gasteiger partial charge in [-0.2, -0.15) is 0 Å². The molecule has 112 valence electrons. The smallest absolute Gasteiger partial charge is 0.319 e. The van der Waals surface area contributed by atoms with Gasteiger partial charge in [0.2, 0.25) is 0 Å². The van der Waals surface area contributed by atoms with Gasteiger partial charge in [0, 0.05) is 30.8 Å². The molecular formula is C15H25N3O2. The number of nitrogens with two attached hydrogens (primary N) is 1. The van der Waals surface area contributed by atoms with Gasteiger partial charge < -0.3 is 21.1 Å². The number of amides is 2. The number of ether oxygens (including phenoxy) is 1. The van der Waals surface area contributed by atoms with Crippen molar-refractivity contribution in [2.45, 2.75) is 27.3 Å². The molecule has 5 nitrogen and oxygen atoms in total. The molecule has 0 heterocycles. The third-order valence-electron chi connectivity index (χ3n) is 2.87. The Balaban J connectivity index is 2.39. The van der Waals surface area contributed by atoms with Gasteiger partial charge in [-0.05, 0) is 24.6 Å². The molecule has 2 amide bonds. The standard InChI is InChI=1S/C15H25N3O2/c1-4-20-11-15(2,3)10-17-14(19)18-13-7-5-12(9-16)6-8-13/h5-8H,4,9-11,16H2,1-3H3,(H2,17,18,19). The maximum absolute atomic E-state index is 11.8. The Hall–Kier alpha value is -1.59. The monoisotopic (exact) mass is 279 g/mol. The van der Waals surface area contributed by atoms with Gasteiger partial charge in [-0.1, -0.05) is 26.0 Å². The highest BCUT2D eigenvalue weighted by atomic mass is 16.5. The van der Waals surface area contributed by atoms with E-state index < -0.39 is 0 Å². The average Bonchev–Trinajstić information content (AvgIpc) is 2.44. The minimum atomic E-state index is -0.213. The van der Waals surface area contributed by atoms with Crippen LogP contribution in [0.1, 0.15) is 26.3 Å². The highest BCUT2D eigenvalue weighted by Crippen LogP contribution is 2.14. The summed E-state index contributed by atoms with van der Waals surface area (Å²) >= 11 is 0. The molecule has 0 aliphatic rings. The summed E-state index contributed by atoms with van der Waals surface area (Å²) in [4.78, 5) is 11.8. The van der Waals surface area contributed by atoms with E-state index in [1.54, 1.807) is 0 Å². The summed E-state index contributed by atoms with van der Waals surface area (Å²) in [6, 6.07) is 7.26. The Bertz CT molecular complexity index is 416. The van der Waals surface area contributed by atoms with E-state index in [-0.39, 0.29) is 11.4 Å². The SMILES string of the molecule is CCOCC(C)(C)CNC(=O)Nc1ccc(CN)cc1. The zero-order valence-electron chi connectivity index (χ0n) is 12.5. The molecule has 0 saturated heterocycles. The van der Waals surface area contributed by atoms with Gasteiger partial charge in [-0.25, -0.2) is 4.79 Å². The Morgan fingerprint density at radius 1 is 1.30 bits per heavy atom. The Morgan fingerprint density at radius 3 is 2.50 bits per heavy atom. The molecule has 5 heteroatoms. The second-order valence-corrected chi connectivity index (χ2v) is 5.51. The molecule has 0 saturated carbocycles. The van der Waals surface area contributed by atoms with Crippen molar-refractivity contribution < 1.29 is 9.53 Å². The Morgan fingerprint density at radius 2 is 1.95 bits per heavy atom. The fraction of sp³-hybridized carbons (Fsp3) is 0.533. The lowest BCUT2D eigenvalue weighted by atomic mass is 9.95. The van der Waals surface area contributed by atoms with E-state index in [1.807, 2.05) is 31.2 Å². The molecule has 0 unspecified atom stereocenters. The van der Waals surface area contributed by atoms with Crippen LogP contribution in [0.25, 0.3) is 0 Å². The van der Waals surface area contributed by atoms with E-state index in [1.165, 1.54) is 0 Å². The van der Waals surface area contributed by atoms with E-state index in [9.17, 15) is 4.79 Å². The maximum Gasteiger partial charge on any atom is 0.319 e. The first-order valence-corrected chi connectivity index (χ1v) is 6.88. The number of rotatable bonds is 7. The summed E-state index contributed by atoms with van der Waals surface area (Å²) in [6.07, 6.45) is 0. The maximum atomic E-state index is 11.8. The van der Waals surface area contributed by atoms with Gasteiger partial charge in [0.25, 0.3) is 0 Å². The highest BCUT2D eigenvalue weighted by molar-refractivity contribution is 5.89. The second-order valence-electron chi connectivity index (χ2n) is 5.51. The Labute approximate surface area is 120 Å². The van der Waals surface area contributed by atoms with Crippen LogP contribution in [0.5, 0.6) is 0 Å². The van der Waals surface area contributed by atoms with Crippen LogP contribution in [-0.4, -0.2) is 25.8 Å². The molecule has 0 aliphatic heterocycles. The van der Waals surface area contributed by atoms with Gasteiger partial charge in [0.1, 0.15) is 0 Å². The zero-order chi connectivity index (χ0) is 15.0. The summed E-state index contributed by atoms with van der Waals surface area (Å²) in [7, 11) is 0. The minimum Gasteiger partial charge on any atom is -0.381 e. The number of hydrogen-bond acceptors (Lipinski definition) is 3. The van der Waals surface area contributed by atoms with Gasteiger partial charge in [0.05, 0.1) is 6.61 Å². The lowest BCUT2D eigenvalue weighted by Crippen LogP contribution is -2.39. The van der Waals surface area contributed by atoms with Crippen molar-refractivity contribution in [3.8, 4) is 0 Å². The Kier molecular flexibility index (Phi) is 6.48. The van der Waals surface area contributed by atoms with Crippen LogP contribution in [0.3, 0.4) is 0 Å². The number of hydrogen-bond donors (Lipinski definition) is 3. The molecule has 0 bridgehead atoms. The van der Waals surface area contributed by atoms with Crippen molar-refractivity contribution in [3.05, 3.63) is 29.8 Å². The van der Waals surface area contributed by atoms with E-state index in [4.69, 9.17) is 10.5 Å². The molecule has 0 radical (unpaired) electrons. The molecule has 0 aliphatic carbocycles. The van der Waals surface area contributed by atoms with Crippen molar-refractivity contribution in [2.75, 3.05) is 25.1 Å². The van der Waals surface area contributed by atoms with E-state index >= 15 is 0 Å². The molecule has 0 aromatic heterocycles. The predicted molar refractivity (Wildman–Crippen MR) is 81.6 cm³/mol. The molecule has 1 rings (SSSR count). The topological polar surface area (TPSA) is 76.4 Å². The van der Waals surface area contributed by atoms with Gasteiger partial charge in [-0.3, -0.25) is 0 Å². The fourth-order valence-electron chi connectivity index (χ4n) is 1.65. The van der Waals surface area contributed by atoms with Gasteiger partial charge >= 0.3 is 6.03 Å². The zero-order valence-corrected chi connectivity index (χ0v) is 12.5. The van der Waals surface area contributed by atoms with Crippen LogP contribution < -0.4 is 16.4 Å². The van der Waals surface area contributed by atoms with Crippen LogP contribution in [0.4, 0.5) is 10.5 Å². The molecule has 4 N–H and O–H groups in total. The average molecular weight is 279 g/mol. The lowest BCUT2D eigenvalue weighted by molar-refractivity contribution is 0.0721. The first kappa shape index (κ1) is 16.5. The molecule has 20 heavy (non-hydrogen) atoms. The number of carbonyl (C=O) groups is 1.